The van der Waals surface area contributed by atoms with Gasteiger partial charge in [0.25, 0.3) is 0 Å². The van der Waals surface area contributed by atoms with E-state index in [-0.39, 0.29) is 5.78 Å². The largest absolute Gasteiger partial charge is 0.297 e. The molecule has 4 heteroatoms. The molecule has 1 aromatic carbocycles. The van der Waals surface area contributed by atoms with Crippen LogP contribution in [0.1, 0.15) is 32.3 Å². The van der Waals surface area contributed by atoms with Gasteiger partial charge in [0.05, 0.1) is 6.07 Å². The number of hydrogen-bond acceptors (Lipinski definition) is 2. The molecule has 0 N–H and O–H groups in total. The van der Waals surface area contributed by atoms with Gasteiger partial charge in [0.1, 0.15) is 5.41 Å². The summed E-state index contributed by atoms with van der Waals surface area (Å²) in [5.41, 5.74) is -0.625. The second kappa shape index (κ2) is 4.81. The van der Waals surface area contributed by atoms with Crippen molar-refractivity contribution in [2.45, 2.75) is 33.1 Å². The van der Waals surface area contributed by atoms with Gasteiger partial charge in [0, 0.05) is 15.5 Å². The fourth-order valence-electron chi connectivity index (χ4n) is 2.72. The maximum atomic E-state index is 12.5. The maximum absolute atomic E-state index is 12.5. The zero-order valence-electron chi connectivity index (χ0n) is 11.0. The standard InChI is InChI=1S/C15H15Cl2NO/c1-14(2)5-6-15(9-18,13(14)19)8-10-7-11(16)3-4-12(10)17/h3-4,7H,5-6,8H2,1-2H3. The van der Waals surface area contributed by atoms with Gasteiger partial charge in [-0.2, -0.15) is 5.26 Å². The van der Waals surface area contributed by atoms with Crippen molar-refractivity contribution in [3.63, 3.8) is 0 Å². The summed E-state index contributed by atoms with van der Waals surface area (Å²) in [6.07, 6.45) is 1.65. The molecule has 0 heterocycles. The van der Waals surface area contributed by atoms with E-state index >= 15 is 0 Å². The van der Waals surface area contributed by atoms with E-state index < -0.39 is 10.8 Å². The van der Waals surface area contributed by atoms with Crippen LogP contribution in [0.25, 0.3) is 0 Å². The number of nitriles is 1. The first-order valence-electron chi connectivity index (χ1n) is 6.21. The summed E-state index contributed by atoms with van der Waals surface area (Å²) in [5.74, 6) is 0.0125. The van der Waals surface area contributed by atoms with Crippen molar-refractivity contribution in [3.05, 3.63) is 33.8 Å². The highest BCUT2D eigenvalue weighted by Gasteiger charge is 2.52. The van der Waals surface area contributed by atoms with E-state index in [9.17, 15) is 10.1 Å². The van der Waals surface area contributed by atoms with Crippen LogP contribution in [0.4, 0.5) is 0 Å². The van der Waals surface area contributed by atoms with E-state index in [2.05, 4.69) is 6.07 Å². The van der Waals surface area contributed by atoms with Gasteiger partial charge in [-0.3, -0.25) is 4.79 Å². The molecule has 1 fully saturated rings. The van der Waals surface area contributed by atoms with Crippen LogP contribution in [0, 0.1) is 22.2 Å². The molecule has 0 radical (unpaired) electrons. The third-order valence-electron chi connectivity index (χ3n) is 3.94. The lowest BCUT2D eigenvalue weighted by Crippen LogP contribution is -2.33. The summed E-state index contributed by atoms with van der Waals surface area (Å²) in [6, 6.07) is 7.37. The molecule has 2 nitrogen and oxygen atoms in total. The van der Waals surface area contributed by atoms with Gasteiger partial charge in [0.2, 0.25) is 0 Å². The zero-order chi connectivity index (χ0) is 14.3. The van der Waals surface area contributed by atoms with E-state index in [0.29, 0.717) is 22.9 Å². The SMILES string of the molecule is CC1(C)CCC(C#N)(Cc2cc(Cl)ccc2Cl)C1=O. The van der Waals surface area contributed by atoms with Crippen LogP contribution in [0.15, 0.2) is 18.2 Å². The molecule has 1 aliphatic rings. The fraction of sp³-hybridized carbons (Fsp3) is 0.467. The Hall–Kier alpha value is -1.04. The number of ketones is 1. The number of hydrogen-bond donors (Lipinski definition) is 0. The van der Waals surface area contributed by atoms with E-state index in [1.165, 1.54) is 0 Å². The van der Waals surface area contributed by atoms with E-state index in [1.54, 1.807) is 18.2 Å². The number of halogens is 2. The molecule has 1 aromatic rings. The average Bonchev–Trinajstić information content (AvgIpc) is 2.59. The van der Waals surface area contributed by atoms with E-state index in [4.69, 9.17) is 23.2 Å². The normalized spacial score (nSPS) is 25.3. The van der Waals surface area contributed by atoms with Crippen LogP contribution in [0.5, 0.6) is 0 Å². The molecule has 0 bridgehead atoms. The highest BCUT2D eigenvalue weighted by molar-refractivity contribution is 6.33. The fourth-order valence-corrected chi connectivity index (χ4v) is 3.10. The third-order valence-corrected chi connectivity index (χ3v) is 4.54. The summed E-state index contributed by atoms with van der Waals surface area (Å²) in [5, 5.41) is 10.6. The van der Waals surface area contributed by atoms with Crippen molar-refractivity contribution in [1.82, 2.24) is 0 Å². The minimum Gasteiger partial charge on any atom is -0.297 e. The topological polar surface area (TPSA) is 40.9 Å². The van der Waals surface area contributed by atoms with Crippen LogP contribution < -0.4 is 0 Å². The number of carbonyl (C=O) groups excluding carboxylic acids is 1. The highest BCUT2D eigenvalue weighted by Crippen LogP contribution is 2.47. The molecule has 0 aromatic heterocycles. The first kappa shape index (κ1) is 14.4. The lowest BCUT2D eigenvalue weighted by atomic mass is 9.77. The van der Waals surface area contributed by atoms with Gasteiger partial charge in [-0.15, -0.1) is 0 Å². The summed E-state index contributed by atoms with van der Waals surface area (Å²) < 4.78 is 0. The number of rotatable bonds is 2. The Morgan fingerprint density at radius 2 is 2.00 bits per heavy atom. The van der Waals surface area contributed by atoms with Crippen LogP contribution in [-0.4, -0.2) is 5.78 Å². The van der Waals surface area contributed by atoms with Crippen LogP contribution in [0.2, 0.25) is 10.0 Å². The summed E-state index contributed by atoms with van der Waals surface area (Å²) in [7, 11) is 0. The second-order valence-corrected chi connectivity index (χ2v) is 6.66. The Kier molecular flexibility index (Phi) is 3.64. The average molecular weight is 296 g/mol. The minimum absolute atomic E-state index is 0.0125. The number of carbonyl (C=O) groups is 1. The molecular weight excluding hydrogens is 281 g/mol. The highest BCUT2D eigenvalue weighted by atomic mass is 35.5. The molecule has 1 atom stereocenters. The lowest BCUT2D eigenvalue weighted by Gasteiger charge is -2.23. The first-order valence-corrected chi connectivity index (χ1v) is 6.96. The molecule has 19 heavy (non-hydrogen) atoms. The first-order chi connectivity index (χ1) is 8.81. The van der Waals surface area contributed by atoms with Gasteiger partial charge in [-0.25, -0.2) is 0 Å². The second-order valence-electron chi connectivity index (χ2n) is 5.82. The quantitative estimate of drug-likeness (QED) is 0.809. The Morgan fingerprint density at radius 3 is 2.53 bits per heavy atom. The predicted molar refractivity (Wildman–Crippen MR) is 76.2 cm³/mol. The zero-order valence-corrected chi connectivity index (χ0v) is 12.5. The van der Waals surface area contributed by atoms with E-state index in [1.807, 2.05) is 13.8 Å². The molecule has 0 amide bonds. The molecule has 1 saturated carbocycles. The van der Waals surface area contributed by atoms with Crippen LogP contribution >= 0.6 is 23.2 Å². The van der Waals surface area contributed by atoms with E-state index in [0.717, 1.165) is 12.0 Å². The molecule has 0 saturated heterocycles. The van der Waals surface area contributed by atoms with Crippen molar-refractivity contribution in [1.29, 1.82) is 5.26 Å². The Labute approximate surface area is 123 Å². The Morgan fingerprint density at radius 1 is 1.32 bits per heavy atom. The number of nitrogens with zero attached hydrogens (tertiary/aromatic N) is 1. The van der Waals surface area contributed by atoms with Gasteiger partial charge in [-0.05, 0) is 43.0 Å². The third kappa shape index (κ3) is 2.50. The number of Topliss-reactive ketones (excluding diaryl/α,β-unsaturated/α-hetero) is 1. The monoisotopic (exact) mass is 295 g/mol. The summed E-state index contributed by atoms with van der Waals surface area (Å²) in [4.78, 5) is 12.5. The van der Waals surface area contributed by atoms with Crippen molar-refractivity contribution < 1.29 is 4.79 Å². The van der Waals surface area contributed by atoms with Gasteiger partial charge in [0.15, 0.2) is 5.78 Å². The smallest absolute Gasteiger partial charge is 0.158 e. The molecule has 1 aliphatic carbocycles. The predicted octanol–water partition coefficient (Wildman–Crippen LogP) is 4.43. The molecule has 0 aliphatic heterocycles. The number of benzene rings is 1. The summed E-state index contributed by atoms with van der Waals surface area (Å²) in [6.45, 7) is 3.79. The summed E-state index contributed by atoms with van der Waals surface area (Å²) >= 11 is 12.1. The van der Waals surface area contributed by atoms with Crippen LogP contribution in [-0.2, 0) is 11.2 Å². The van der Waals surface area contributed by atoms with Crippen molar-refractivity contribution in [3.8, 4) is 6.07 Å². The molecule has 2 rings (SSSR count). The van der Waals surface area contributed by atoms with Crippen molar-refractivity contribution in [2.24, 2.45) is 10.8 Å². The van der Waals surface area contributed by atoms with Gasteiger partial charge < -0.3 is 0 Å². The van der Waals surface area contributed by atoms with Gasteiger partial charge >= 0.3 is 0 Å². The lowest BCUT2D eigenvalue weighted by molar-refractivity contribution is -0.130. The Bertz CT molecular complexity index is 574. The Balaban J connectivity index is 2.38. The molecular formula is C15H15Cl2NO. The minimum atomic E-state index is -0.960. The van der Waals surface area contributed by atoms with Crippen molar-refractivity contribution in [2.75, 3.05) is 0 Å². The molecule has 0 spiro atoms. The molecule has 1 unspecified atom stereocenters. The maximum Gasteiger partial charge on any atom is 0.158 e. The molecule has 100 valence electrons. The van der Waals surface area contributed by atoms with Gasteiger partial charge in [-0.1, -0.05) is 37.0 Å². The van der Waals surface area contributed by atoms with Crippen LogP contribution in [0.3, 0.4) is 0 Å². The van der Waals surface area contributed by atoms with Crippen molar-refractivity contribution >= 4 is 29.0 Å².